The number of phenols is 1. The Morgan fingerprint density at radius 1 is 0.588 bits per heavy atom. The Kier molecular flexibility index (Phi) is 5.91. The third kappa shape index (κ3) is 3.76. The van der Waals surface area contributed by atoms with Gasteiger partial charge in [0.2, 0.25) is 0 Å². The normalized spacial score (nSPS) is 11.7. The quantitative estimate of drug-likeness (QED) is 0.286. The predicted molar refractivity (Wildman–Crippen MR) is 141 cm³/mol. The zero-order valence-corrected chi connectivity index (χ0v) is 19.6. The van der Waals surface area contributed by atoms with Crippen molar-refractivity contribution < 1.29 is 5.11 Å². The standard InChI is InChI=1S/C32H29NO/c1-33(2)23-30-29-20-19-28(22-24(29)18-21-31(30)34)32(25-12-6-3-7-13-25,26-14-8-4-9-15-26)27-16-10-5-11-17-27/h3-22,34H,23H2,1-2H3. The fourth-order valence-electron chi connectivity index (χ4n) is 5.16. The van der Waals surface area contributed by atoms with E-state index < -0.39 is 5.41 Å². The summed E-state index contributed by atoms with van der Waals surface area (Å²) < 4.78 is 0. The Morgan fingerprint density at radius 2 is 1.09 bits per heavy atom. The number of nitrogens with zero attached hydrogens (tertiary/aromatic N) is 1. The Labute approximate surface area is 201 Å². The molecule has 0 aliphatic rings. The van der Waals surface area contributed by atoms with Crippen LogP contribution in [0.5, 0.6) is 5.75 Å². The lowest BCUT2D eigenvalue weighted by molar-refractivity contribution is 0.388. The van der Waals surface area contributed by atoms with E-state index in [9.17, 15) is 5.11 Å². The molecule has 34 heavy (non-hydrogen) atoms. The van der Waals surface area contributed by atoms with Gasteiger partial charge in [0, 0.05) is 12.1 Å². The molecule has 0 aliphatic heterocycles. The number of benzene rings is 5. The molecule has 0 saturated carbocycles. The van der Waals surface area contributed by atoms with Crippen LogP contribution >= 0.6 is 0 Å². The zero-order chi connectivity index (χ0) is 23.5. The van der Waals surface area contributed by atoms with E-state index in [2.05, 4.69) is 114 Å². The minimum Gasteiger partial charge on any atom is -0.508 e. The van der Waals surface area contributed by atoms with Crippen LogP contribution < -0.4 is 0 Å². The lowest BCUT2D eigenvalue weighted by Crippen LogP contribution is -2.31. The second-order valence-electron chi connectivity index (χ2n) is 9.09. The van der Waals surface area contributed by atoms with Crippen molar-refractivity contribution in [2.24, 2.45) is 0 Å². The molecule has 0 aromatic heterocycles. The van der Waals surface area contributed by atoms with Crippen LogP contribution in [-0.4, -0.2) is 24.1 Å². The summed E-state index contributed by atoms with van der Waals surface area (Å²) in [6, 6.07) is 42.8. The van der Waals surface area contributed by atoms with Crippen molar-refractivity contribution in [2.45, 2.75) is 12.0 Å². The SMILES string of the molecule is CN(C)Cc1c(O)ccc2cc(C(c3ccccc3)(c3ccccc3)c3ccccc3)ccc12. The predicted octanol–water partition coefficient (Wildman–Crippen LogP) is 6.99. The monoisotopic (exact) mass is 443 g/mol. The van der Waals surface area contributed by atoms with Gasteiger partial charge in [0.25, 0.3) is 0 Å². The van der Waals surface area contributed by atoms with Gasteiger partial charge in [0.1, 0.15) is 5.75 Å². The summed E-state index contributed by atoms with van der Waals surface area (Å²) in [4.78, 5) is 2.09. The van der Waals surface area contributed by atoms with Crippen molar-refractivity contribution in [3.63, 3.8) is 0 Å². The molecule has 5 aromatic rings. The molecular formula is C32H29NO. The molecule has 0 fully saturated rings. The van der Waals surface area contributed by atoms with Crippen molar-refractivity contribution in [3.8, 4) is 5.75 Å². The first kappa shape index (κ1) is 21.9. The van der Waals surface area contributed by atoms with Crippen LogP contribution in [0.1, 0.15) is 27.8 Å². The summed E-state index contributed by atoms with van der Waals surface area (Å²) in [6.07, 6.45) is 0. The second-order valence-corrected chi connectivity index (χ2v) is 9.09. The maximum absolute atomic E-state index is 10.6. The van der Waals surface area contributed by atoms with E-state index in [1.165, 1.54) is 22.3 Å². The van der Waals surface area contributed by atoms with E-state index >= 15 is 0 Å². The fraction of sp³-hybridized carbons (Fsp3) is 0.125. The fourth-order valence-corrected chi connectivity index (χ4v) is 5.16. The van der Waals surface area contributed by atoms with Gasteiger partial charge in [-0.25, -0.2) is 0 Å². The largest absolute Gasteiger partial charge is 0.508 e. The molecule has 0 radical (unpaired) electrons. The van der Waals surface area contributed by atoms with Crippen LogP contribution in [-0.2, 0) is 12.0 Å². The minimum absolute atomic E-state index is 0.342. The zero-order valence-electron chi connectivity index (χ0n) is 19.6. The van der Waals surface area contributed by atoms with E-state index in [0.29, 0.717) is 12.3 Å². The topological polar surface area (TPSA) is 23.5 Å². The molecule has 1 N–H and O–H groups in total. The van der Waals surface area contributed by atoms with Crippen LogP contribution in [0, 0.1) is 0 Å². The number of phenolic OH excluding ortho intramolecular Hbond substituents is 1. The summed E-state index contributed by atoms with van der Waals surface area (Å²) in [7, 11) is 4.05. The van der Waals surface area contributed by atoms with Crippen molar-refractivity contribution in [2.75, 3.05) is 14.1 Å². The molecule has 0 aliphatic carbocycles. The van der Waals surface area contributed by atoms with Gasteiger partial charge in [0.05, 0.1) is 5.41 Å². The molecule has 0 spiro atoms. The first-order valence-electron chi connectivity index (χ1n) is 11.7. The van der Waals surface area contributed by atoms with E-state index in [-0.39, 0.29) is 0 Å². The highest BCUT2D eigenvalue weighted by Gasteiger charge is 2.38. The van der Waals surface area contributed by atoms with Gasteiger partial charge in [-0.3, -0.25) is 0 Å². The van der Waals surface area contributed by atoms with Crippen molar-refractivity contribution in [1.29, 1.82) is 0 Å². The molecule has 0 saturated heterocycles. The Balaban J connectivity index is 1.85. The highest BCUT2D eigenvalue weighted by molar-refractivity contribution is 5.89. The third-order valence-electron chi connectivity index (χ3n) is 6.63. The van der Waals surface area contributed by atoms with Gasteiger partial charge in [-0.2, -0.15) is 0 Å². The molecule has 0 unspecified atom stereocenters. The first-order valence-corrected chi connectivity index (χ1v) is 11.7. The van der Waals surface area contributed by atoms with E-state index in [0.717, 1.165) is 16.3 Å². The molecular weight excluding hydrogens is 414 g/mol. The summed E-state index contributed by atoms with van der Waals surface area (Å²) >= 11 is 0. The summed E-state index contributed by atoms with van der Waals surface area (Å²) in [5.41, 5.74) is 5.35. The lowest BCUT2D eigenvalue weighted by atomic mass is 9.65. The molecule has 168 valence electrons. The van der Waals surface area contributed by atoms with Crippen molar-refractivity contribution >= 4 is 10.8 Å². The summed E-state index contributed by atoms with van der Waals surface area (Å²) in [5.74, 6) is 0.342. The van der Waals surface area contributed by atoms with Gasteiger partial charge < -0.3 is 10.0 Å². The van der Waals surface area contributed by atoms with Gasteiger partial charge in [-0.05, 0) is 59.3 Å². The molecule has 0 atom stereocenters. The van der Waals surface area contributed by atoms with Crippen molar-refractivity contribution in [3.05, 3.63) is 149 Å². The third-order valence-corrected chi connectivity index (χ3v) is 6.63. The van der Waals surface area contributed by atoms with Crippen LogP contribution in [0.2, 0.25) is 0 Å². The number of aromatic hydroxyl groups is 1. The number of fused-ring (bicyclic) bond motifs is 1. The lowest BCUT2D eigenvalue weighted by Gasteiger charge is -2.37. The smallest absolute Gasteiger partial charge is 0.120 e. The average Bonchev–Trinajstić information content (AvgIpc) is 2.88. The summed E-state index contributed by atoms with van der Waals surface area (Å²) in [5, 5.41) is 12.8. The molecule has 5 aromatic carbocycles. The van der Waals surface area contributed by atoms with Crippen molar-refractivity contribution in [1.82, 2.24) is 4.90 Å². The van der Waals surface area contributed by atoms with Gasteiger partial charge >= 0.3 is 0 Å². The average molecular weight is 444 g/mol. The van der Waals surface area contributed by atoms with E-state index in [1.807, 2.05) is 26.2 Å². The highest BCUT2D eigenvalue weighted by Crippen LogP contribution is 2.46. The molecule has 2 nitrogen and oxygen atoms in total. The number of hydrogen-bond acceptors (Lipinski definition) is 2. The van der Waals surface area contributed by atoms with E-state index in [1.54, 1.807) is 0 Å². The number of hydrogen-bond donors (Lipinski definition) is 1. The summed E-state index contributed by atoms with van der Waals surface area (Å²) in [6.45, 7) is 0.684. The molecule has 0 amide bonds. The van der Waals surface area contributed by atoms with E-state index in [4.69, 9.17) is 0 Å². The maximum Gasteiger partial charge on any atom is 0.120 e. The minimum atomic E-state index is -0.475. The van der Waals surface area contributed by atoms with Crippen LogP contribution in [0.25, 0.3) is 10.8 Å². The molecule has 0 heterocycles. The van der Waals surface area contributed by atoms with Gasteiger partial charge in [0.15, 0.2) is 0 Å². The first-order chi connectivity index (χ1) is 16.6. The van der Waals surface area contributed by atoms with Gasteiger partial charge in [-0.15, -0.1) is 0 Å². The highest BCUT2D eigenvalue weighted by atomic mass is 16.3. The second kappa shape index (κ2) is 9.17. The molecule has 0 bridgehead atoms. The number of rotatable bonds is 6. The molecule has 2 heteroatoms. The van der Waals surface area contributed by atoms with Crippen LogP contribution in [0.3, 0.4) is 0 Å². The Bertz CT molecular complexity index is 1300. The molecule has 5 rings (SSSR count). The van der Waals surface area contributed by atoms with Crippen LogP contribution in [0.4, 0.5) is 0 Å². The van der Waals surface area contributed by atoms with Gasteiger partial charge in [-0.1, -0.05) is 109 Å². The Morgan fingerprint density at radius 3 is 1.56 bits per heavy atom. The maximum atomic E-state index is 10.6. The Hall–Kier alpha value is -3.88. The van der Waals surface area contributed by atoms with Crippen LogP contribution in [0.15, 0.2) is 121 Å².